The van der Waals surface area contributed by atoms with E-state index in [1.54, 1.807) is 0 Å². The number of para-hydroxylation sites is 1. The first kappa shape index (κ1) is 18.3. The second-order valence-corrected chi connectivity index (χ2v) is 9.60. The van der Waals surface area contributed by atoms with Gasteiger partial charge in [0.25, 0.3) is 0 Å². The van der Waals surface area contributed by atoms with Crippen LogP contribution in [0.5, 0.6) is 11.5 Å². The molecular weight excluding hydrogens is 352 g/mol. The summed E-state index contributed by atoms with van der Waals surface area (Å²) in [6.45, 7) is 8.26. The molecule has 2 atom stereocenters. The lowest BCUT2D eigenvalue weighted by molar-refractivity contribution is 0.132. The minimum absolute atomic E-state index is 0.380. The molecule has 1 aliphatic heterocycles. The van der Waals surface area contributed by atoms with Gasteiger partial charge in [0.05, 0.1) is 0 Å². The quantitative estimate of drug-likeness (QED) is 0.653. The second-order valence-electron chi connectivity index (χ2n) is 9.21. The minimum Gasteiger partial charge on any atom is -0.457 e. The number of thiocarbonyl (C=S) groups is 1. The van der Waals surface area contributed by atoms with Crippen LogP contribution in [0.4, 0.5) is 5.69 Å². The third-order valence-corrected chi connectivity index (χ3v) is 6.10. The van der Waals surface area contributed by atoms with Crippen LogP contribution in [0.25, 0.3) is 0 Å². The number of nitrogens with zero attached hydrogens (tertiary/aromatic N) is 1. The number of hydrogen-bond acceptors (Lipinski definition) is 2. The molecule has 1 N–H and O–H groups in total. The van der Waals surface area contributed by atoms with Crippen molar-refractivity contribution in [2.24, 2.45) is 10.8 Å². The molecule has 142 valence electrons. The second kappa shape index (κ2) is 6.83. The topological polar surface area (TPSA) is 24.5 Å². The monoisotopic (exact) mass is 380 g/mol. The summed E-state index contributed by atoms with van der Waals surface area (Å²) in [6.07, 6.45) is 3.75. The van der Waals surface area contributed by atoms with Crippen molar-refractivity contribution in [3.63, 3.8) is 0 Å². The SMILES string of the molecule is CC1(C)CC2CC(C)(CN2C(=S)Nc2ccc(Oc3ccccc3)cc2)C1. The Morgan fingerprint density at radius 1 is 1.00 bits per heavy atom. The number of likely N-dealkylation sites (tertiary alicyclic amines) is 1. The van der Waals surface area contributed by atoms with E-state index in [0.29, 0.717) is 16.9 Å². The molecule has 2 aromatic rings. The van der Waals surface area contributed by atoms with Crippen LogP contribution < -0.4 is 10.1 Å². The molecule has 2 unspecified atom stereocenters. The van der Waals surface area contributed by atoms with Gasteiger partial charge >= 0.3 is 0 Å². The maximum absolute atomic E-state index is 5.86. The summed E-state index contributed by atoms with van der Waals surface area (Å²) < 4.78 is 5.86. The highest BCUT2D eigenvalue weighted by Crippen LogP contribution is 2.52. The smallest absolute Gasteiger partial charge is 0.173 e. The Bertz CT molecular complexity index is 818. The molecule has 2 bridgehead atoms. The van der Waals surface area contributed by atoms with Gasteiger partial charge in [-0.15, -0.1) is 0 Å². The molecular formula is C23H28N2OS. The van der Waals surface area contributed by atoms with Gasteiger partial charge in [0.15, 0.2) is 5.11 Å². The van der Waals surface area contributed by atoms with Crippen LogP contribution >= 0.6 is 12.2 Å². The summed E-state index contributed by atoms with van der Waals surface area (Å²) >= 11 is 5.77. The largest absolute Gasteiger partial charge is 0.457 e. The first-order valence-electron chi connectivity index (χ1n) is 9.73. The van der Waals surface area contributed by atoms with Gasteiger partial charge in [-0.1, -0.05) is 39.0 Å². The summed E-state index contributed by atoms with van der Waals surface area (Å²) in [5.41, 5.74) is 1.79. The Hall–Kier alpha value is -2.07. The zero-order chi connectivity index (χ0) is 19.1. The average Bonchev–Trinajstić information content (AvgIpc) is 2.86. The van der Waals surface area contributed by atoms with E-state index in [1.165, 1.54) is 19.3 Å². The maximum Gasteiger partial charge on any atom is 0.173 e. The fourth-order valence-corrected chi connectivity index (χ4v) is 5.46. The fourth-order valence-electron chi connectivity index (χ4n) is 5.12. The van der Waals surface area contributed by atoms with E-state index in [-0.39, 0.29) is 0 Å². The highest BCUT2D eigenvalue weighted by atomic mass is 32.1. The van der Waals surface area contributed by atoms with Crippen LogP contribution in [-0.4, -0.2) is 22.6 Å². The summed E-state index contributed by atoms with van der Waals surface area (Å²) in [7, 11) is 0. The molecule has 0 amide bonds. The third-order valence-electron chi connectivity index (χ3n) is 5.76. The normalized spacial score (nSPS) is 25.9. The van der Waals surface area contributed by atoms with E-state index in [1.807, 2.05) is 54.6 Å². The Kier molecular flexibility index (Phi) is 4.63. The van der Waals surface area contributed by atoms with Crippen LogP contribution in [0.2, 0.25) is 0 Å². The number of nitrogens with one attached hydrogen (secondary N) is 1. The van der Waals surface area contributed by atoms with E-state index >= 15 is 0 Å². The van der Waals surface area contributed by atoms with Crippen LogP contribution in [0, 0.1) is 10.8 Å². The first-order chi connectivity index (χ1) is 12.8. The Labute approximate surface area is 167 Å². The van der Waals surface area contributed by atoms with Crippen molar-refractivity contribution in [3.8, 4) is 11.5 Å². The predicted octanol–water partition coefficient (Wildman–Crippen LogP) is 6.08. The molecule has 2 fully saturated rings. The van der Waals surface area contributed by atoms with Crippen LogP contribution in [0.3, 0.4) is 0 Å². The molecule has 1 aliphatic carbocycles. The fraction of sp³-hybridized carbons (Fsp3) is 0.435. The molecule has 27 heavy (non-hydrogen) atoms. The van der Waals surface area contributed by atoms with Gasteiger partial charge in [-0.25, -0.2) is 0 Å². The maximum atomic E-state index is 5.86. The Morgan fingerprint density at radius 2 is 1.67 bits per heavy atom. The molecule has 2 aromatic carbocycles. The van der Waals surface area contributed by atoms with Crippen molar-refractivity contribution < 1.29 is 4.74 Å². The number of anilines is 1. The number of hydrogen-bond donors (Lipinski definition) is 1. The third kappa shape index (κ3) is 4.11. The first-order valence-corrected chi connectivity index (χ1v) is 10.1. The average molecular weight is 381 g/mol. The zero-order valence-electron chi connectivity index (χ0n) is 16.4. The summed E-state index contributed by atoms with van der Waals surface area (Å²) in [5, 5.41) is 4.28. The Morgan fingerprint density at radius 3 is 2.37 bits per heavy atom. The lowest BCUT2D eigenvalue weighted by atomic mass is 9.65. The standard InChI is InChI=1S/C23H28N2OS/c1-22(2)13-18-14-23(3,15-22)16-25(18)21(27)24-17-9-11-20(12-10-17)26-19-7-5-4-6-8-19/h4-12,18H,13-16H2,1-3H3,(H,24,27). The molecule has 0 aromatic heterocycles. The van der Waals surface area contributed by atoms with Crippen molar-refractivity contribution in [3.05, 3.63) is 54.6 Å². The molecule has 1 heterocycles. The predicted molar refractivity (Wildman–Crippen MR) is 115 cm³/mol. The summed E-state index contributed by atoms with van der Waals surface area (Å²) in [6, 6.07) is 18.4. The lowest BCUT2D eigenvalue weighted by Gasteiger charge is -2.39. The van der Waals surface area contributed by atoms with Crippen molar-refractivity contribution in [1.29, 1.82) is 0 Å². The summed E-state index contributed by atoms with van der Waals surface area (Å²) in [5.74, 6) is 1.66. The van der Waals surface area contributed by atoms with Gasteiger partial charge < -0.3 is 15.0 Å². The van der Waals surface area contributed by atoms with Gasteiger partial charge in [-0.05, 0) is 78.7 Å². The molecule has 0 radical (unpaired) electrons. The molecule has 4 heteroatoms. The zero-order valence-corrected chi connectivity index (χ0v) is 17.2. The van der Waals surface area contributed by atoms with Crippen LogP contribution in [-0.2, 0) is 0 Å². The van der Waals surface area contributed by atoms with Gasteiger partial charge in [0.1, 0.15) is 11.5 Å². The molecule has 4 rings (SSSR count). The lowest BCUT2D eigenvalue weighted by Crippen LogP contribution is -2.39. The number of rotatable bonds is 3. The van der Waals surface area contributed by atoms with Crippen molar-refractivity contribution in [2.75, 3.05) is 11.9 Å². The van der Waals surface area contributed by atoms with E-state index < -0.39 is 0 Å². The number of ether oxygens (including phenoxy) is 1. The van der Waals surface area contributed by atoms with E-state index in [9.17, 15) is 0 Å². The van der Waals surface area contributed by atoms with E-state index in [2.05, 4.69) is 31.0 Å². The van der Waals surface area contributed by atoms with E-state index in [4.69, 9.17) is 17.0 Å². The minimum atomic E-state index is 0.380. The van der Waals surface area contributed by atoms with E-state index in [0.717, 1.165) is 28.8 Å². The van der Waals surface area contributed by atoms with Gasteiger partial charge in [0, 0.05) is 18.3 Å². The van der Waals surface area contributed by atoms with Crippen LogP contribution in [0.1, 0.15) is 40.0 Å². The molecule has 1 saturated carbocycles. The van der Waals surface area contributed by atoms with Crippen molar-refractivity contribution in [2.45, 2.75) is 46.1 Å². The number of fused-ring (bicyclic) bond motifs is 2. The molecule has 1 saturated heterocycles. The molecule has 0 spiro atoms. The van der Waals surface area contributed by atoms with Gasteiger partial charge in [-0.3, -0.25) is 0 Å². The highest BCUT2D eigenvalue weighted by molar-refractivity contribution is 7.80. The number of benzene rings is 2. The van der Waals surface area contributed by atoms with Crippen molar-refractivity contribution >= 4 is 23.0 Å². The molecule has 2 aliphatic rings. The van der Waals surface area contributed by atoms with Gasteiger partial charge in [0.2, 0.25) is 0 Å². The summed E-state index contributed by atoms with van der Waals surface area (Å²) in [4.78, 5) is 2.42. The highest BCUT2D eigenvalue weighted by Gasteiger charge is 2.50. The van der Waals surface area contributed by atoms with Crippen LogP contribution in [0.15, 0.2) is 54.6 Å². The van der Waals surface area contributed by atoms with Gasteiger partial charge in [-0.2, -0.15) is 0 Å². The van der Waals surface area contributed by atoms with Crippen molar-refractivity contribution in [1.82, 2.24) is 4.90 Å². The Balaban J connectivity index is 1.40. The molecule has 3 nitrogen and oxygen atoms in total.